The predicted molar refractivity (Wildman–Crippen MR) is 77.1 cm³/mol. The highest BCUT2D eigenvalue weighted by molar-refractivity contribution is 6.31. The molecule has 0 heterocycles. The van der Waals surface area contributed by atoms with Gasteiger partial charge < -0.3 is 5.11 Å². The van der Waals surface area contributed by atoms with E-state index in [1.54, 1.807) is 0 Å². The lowest BCUT2D eigenvalue weighted by Crippen LogP contribution is -2.38. The third-order valence-electron chi connectivity index (χ3n) is 4.26. The lowest BCUT2D eigenvalue weighted by molar-refractivity contribution is -0.0251. The van der Waals surface area contributed by atoms with Crippen molar-refractivity contribution < 1.29 is 5.11 Å². The summed E-state index contributed by atoms with van der Waals surface area (Å²) in [6.45, 7) is 6.60. The molecule has 0 saturated heterocycles. The molecule has 0 radical (unpaired) electrons. The van der Waals surface area contributed by atoms with Crippen LogP contribution in [0.2, 0.25) is 5.02 Å². The number of aliphatic hydroxyl groups is 1. The summed E-state index contributed by atoms with van der Waals surface area (Å²) in [6.07, 6.45) is 4.62. The average Bonchev–Trinajstić information content (AvgIpc) is 2.28. The molecule has 1 nitrogen and oxygen atoms in total. The number of hydrogen-bond acceptors (Lipinski definition) is 1. The first-order chi connectivity index (χ1) is 8.30. The van der Waals surface area contributed by atoms with Gasteiger partial charge in [0.15, 0.2) is 0 Å². The lowest BCUT2D eigenvalue weighted by atomic mass is 9.69. The van der Waals surface area contributed by atoms with Crippen LogP contribution in [0.1, 0.15) is 50.7 Å². The molecule has 0 aliphatic heterocycles. The van der Waals surface area contributed by atoms with Gasteiger partial charge in [-0.2, -0.15) is 0 Å². The van der Waals surface area contributed by atoms with Gasteiger partial charge in [-0.05, 0) is 55.2 Å². The maximum atomic E-state index is 10.7. The summed E-state index contributed by atoms with van der Waals surface area (Å²) in [5.41, 5.74) is 2.06. The minimum atomic E-state index is -0.561. The van der Waals surface area contributed by atoms with Crippen molar-refractivity contribution >= 4 is 11.6 Å². The summed E-state index contributed by atoms with van der Waals surface area (Å²) in [5.74, 6) is 0. The van der Waals surface area contributed by atoms with Crippen molar-refractivity contribution in [3.8, 4) is 0 Å². The van der Waals surface area contributed by atoms with E-state index in [2.05, 4.69) is 26.0 Å². The molecule has 0 atom stereocenters. The summed E-state index contributed by atoms with van der Waals surface area (Å²) in [7, 11) is 0. The number of hydrogen-bond donors (Lipinski definition) is 1. The Morgan fingerprint density at radius 1 is 1.17 bits per heavy atom. The van der Waals surface area contributed by atoms with Gasteiger partial charge in [0.05, 0.1) is 5.60 Å². The van der Waals surface area contributed by atoms with Gasteiger partial charge in [0.2, 0.25) is 0 Å². The molecule has 1 fully saturated rings. The highest BCUT2D eigenvalue weighted by Gasteiger charge is 2.36. The Balaban J connectivity index is 2.09. The molecule has 0 amide bonds. The second-order valence-electron chi connectivity index (χ2n) is 6.66. The van der Waals surface area contributed by atoms with E-state index < -0.39 is 5.60 Å². The molecule has 0 unspecified atom stereocenters. The van der Waals surface area contributed by atoms with E-state index in [1.165, 1.54) is 5.56 Å². The summed E-state index contributed by atoms with van der Waals surface area (Å²) in [4.78, 5) is 0. The SMILES string of the molecule is Cc1ccc(CC2(O)CCC(C)(C)CC2)c(Cl)c1. The van der Waals surface area contributed by atoms with Gasteiger partial charge in [-0.25, -0.2) is 0 Å². The zero-order valence-corrected chi connectivity index (χ0v) is 12.3. The van der Waals surface area contributed by atoms with Gasteiger partial charge >= 0.3 is 0 Å². The van der Waals surface area contributed by atoms with Gasteiger partial charge in [-0.3, -0.25) is 0 Å². The van der Waals surface area contributed by atoms with Crippen molar-refractivity contribution in [2.45, 2.75) is 58.5 Å². The van der Waals surface area contributed by atoms with Crippen LogP contribution in [0.5, 0.6) is 0 Å². The molecule has 1 aromatic carbocycles. The fourth-order valence-corrected chi connectivity index (χ4v) is 3.02. The summed E-state index contributed by atoms with van der Waals surface area (Å²) >= 11 is 6.26. The molecular formula is C16H23ClO. The topological polar surface area (TPSA) is 20.2 Å². The highest BCUT2D eigenvalue weighted by atomic mass is 35.5. The van der Waals surface area contributed by atoms with Crippen LogP contribution in [0, 0.1) is 12.3 Å². The zero-order valence-electron chi connectivity index (χ0n) is 11.6. The van der Waals surface area contributed by atoms with E-state index in [9.17, 15) is 5.11 Å². The molecule has 1 aromatic rings. The number of rotatable bonds is 2. The van der Waals surface area contributed by atoms with Crippen molar-refractivity contribution in [3.05, 3.63) is 34.3 Å². The predicted octanol–water partition coefficient (Wildman–Crippen LogP) is 4.52. The Hall–Kier alpha value is -0.530. The number of benzene rings is 1. The van der Waals surface area contributed by atoms with Crippen LogP contribution in [0.3, 0.4) is 0 Å². The Morgan fingerprint density at radius 2 is 1.78 bits per heavy atom. The zero-order chi connectivity index (χ0) is 13.4. The van der Waals surface area contributed by atoms with Crippen LogP contribution in [0.25, 0.3) is 0 Å². The van der Waals surface area contributed by atoms with Crippen LogP contribution in [0.15, 0.2) is 18.2 Å². The summed E-state index contributed by atoms with van der Waals surface area (Å²) in [5, 5.41) is 11.5. The largest absolute Gasteiger partial charge is 0.390 e. The average molecular weight is 267 g/mol. The standard InChI is InChI=1S/C16H23ClO/c1-12-4-5-13(14(17)10-12)11-16(18)8-6-15(2,3)7-9-16/h4-5,10,18H,6-9,11H2,1-3H3. The van der Waals surface area contributed by atoms with Crippen molar-refractivity contribution in [2.75, 3.05) is 0 Å². The van der Waals surface area contributed by atoms with Crippen molar-refractivity contribution in [1.29, 1.82) is 0 Å². The maximum Gasteiger partial charge on any atom is 0.0688 e. The molecule has 1 saturated carbocycles. The van der Waals surface area contributed by atoms with Gasteiger partial charge in [-0.15, -0.1) is 0 Å². The molecule has 1 aliphatic rings. The molecule has 0 spiro atoms. The lowest BCUT2D eigenvalue weighted by Gasteiger charge is -2.40. The van der Waals surface area contributed by atoms with Gasteiger partial charge in [0, 0.05) is 11.4 Å². The smallest absolute Gasteiger partial charge is 0.0688 e. The van der Waals surface area contributed by atoms with Gasteiger partial charge in [0.1, 0.15) is 0 Å². The van der Waals surface area contributed by atoms with Gasteiger partial charge in [-0.1, -0.05) is 37.6 Å². The summed E-state index contributed by atoms with van der Waals surface area (Å²) < 4.78 is 0. The van der Waals surface area contributed by atoms with Crippen molar-refractivity contribution in [3.63, 3.8) is 0 Å². The molecule has 2 heteroatoms. The first-order valence-electron chi connectivity index (χ1n) is 6.77. The minimum Gasteiger partial charge on any atom is -0.390 e. The Kier molecular flexibility index (Phi) is 3.75. The van der Waals surface area contributed by atoms with Crippen LogP contribution in [0.4, 0.5) is 0 Å². The maximum absolute atomic E-state index is 10.7. The van der Waals surface area contributed by atoms with E-state index >= 15 is 0 Å². The van der Waals surface area contributed by atoms with E-state index in [-0.39, 0.29) is 0 Å². The Bertz CT molecular complexity index is 427. The number of halogens is 1. The summed E-state index contributed by atoms with van der Waals surface area (Å²) in [6, 6.07) is 6.10. The van der Waals surface area contributed by atoms with Gasteiger partial charge in [0.25, 0.3) is 0 Å². The molecular weight excluding hydrogens is 244 g/mol. The fourth-order valence-electron chi connectivity index (χ4n) is 2.72. The third kappa shape index (κ3) is 3.27. The van der Waals surface area contributed by atoms with Crippen LogP contribution in [-0.2, 0) is 6.42 Å². The minimum absolute atomic E-state index is 0.378. The van der Waals surface area contributed by atoms with Crippen LogP contribution >= 0.6 is 11.6 Å². The molecule has 18 heavy (non-hydrogen) atoms. The molecule has 1 aliphatic carbocycles. The molecule has 0 bridgehead atoms. The van der Waals surface area contributed by atoms with Crippen molar-refractivity contribution in [1.82, 2.24) is 0 Å². The highest BCUT2D eigenvalue weighted by Crippen LogP contribution is 2.42. The second kappa shape index (κ2) is 4.86. The Labute approximate surface area is 115 Å². The van der Waals surface area contributed by atoms with E-state index in [0.29, 0.717) is 11.8 Å². The van der Waals surface area contributed by atoms with E-state index in [0.717, 1.165) is 36.3 Å². The quantitative estimate of drug-likeness (QED) is 0.834. The molecule has 100 valence electrons. The van der Waals surface area contributed by atoms with Crippen LogP contribution < -0.4 is 0 Å². The number of aryl methyl sites for hydroxylation is 1. The molecule has 0 aromatic heterocycles. The first kappa shape index (κ1) is 13.9. The fraction of sp³-hybridized carbons (Fsp3) is 0.625. The molecule has 1 N–H and O–H groups in total. The third-order valence-corrected chi connectivity index (χ3v) is 4.61. The normalized spacial score (nSPS) is 21.8. The second-order valence-corrected chi connectivity index (χ2v) is 7.07. The monoisotopic (exact) mass is 266 g/mol. The first-order valence-corrected chi connectivity index (χ1v) is 7.15. The molecule has 2 rings (SSSR count). The van der Waals surface area contributed by atoms with E-state index in [4.69, 9.17) is 11.6 Å². The van der Waals surface area contributed by atoms with Crippen LogP contribution in [-0.4, -0.2) is 10.7 Å². The van der Waals surface area contributed by atoms with E-state index in [1.807, 2.05) is 13.0 Å². The Morgan fingerprint density at radius 3 is 2.33 bits per heavy atom. The van der Waals surface area contributed by atoms with Crippen molar-refractivity contribution in [2.24, 2.45) is 5.41 Å².